The lowest BCUT2D eigenvalue weighted by molar-refractivity contribution is -0.137. The molecule has 8 heteroatoms. The van der Waals surface area contributed by atoms with Crippen LogP contribution in [-0.4, -0.2) is 49.8 Å². The van der Waals surface area contributed by atoms with Crippen molar-refractivity contribution < 1.29 is 23.1 Å². The molecule has 0 radical (unpaired) electrons. The number of carboxylic acids is 1. The summed E-state index contributed by atoms with van der Waals surface area (Å²) in [6.07, 6.45) is 0.584. The van der Waals surface area contributed by atoms with Gasteiger partial charge < -0.3 is 10.0 Å². The van der Waals surface area contributed by atoms with E-state index in [4.69, 9.17) is 5.11 Å². The number of fused-ring (bicyclic) bond motifs is 1. The number of carbonyl (C=O) groups excluding carboxylic acids is 1. The van der Waals surface area contributed by atoms with Gasteiger partial charge in [0.1, 0.15) is 6.54 Å². The lowest BCUT2D eigenvalue weighted by Crippen LogP contribution is -2.32. The maximum Gasteiger partial charge on any atom is 0.318 e. The Morgan fingerprint density at radius 2 is 2.05 bits per heavy atom. The van der Waals surface area contributed by atoms with Gasteiger partial charge in [0.25, 0.3) is 0 Å². The number of anilines is 1. The number of nitrogens with zero attached hydrogens (tertiary/aromatic N) is 2. The van der Waals surface area contributed by atoms with Gasteiger partial charge in [-0.25, -0.2) is 8.42 Å². The van der Waals surface area contributed by atoms with Crippen molar-refractivity contribution in [3.8, 4) is 0 Å². The molecule has 0 aromatic heterocycles. The van der Waals surface area contributed by atoms with Gasteiger partial charge >= 0.3 is 5.97 Å². The van der Waals surface area contributed by atoms with Crippen molar-refractivity contribution >= 4 is 27.6 Å². The predicted molar refractivity (Wildman–Crippen MR) is 75.6 cm³/mol. The molecular formula is C13H16N2O5S. The Hall–Kier alpha value is -1.93. The van der Waals surface area contributed by atoms with Crippen molar-refractivity contribution in [1.29, 1.82) is 0 Å². The highest BCUT2D eigenvalue weighted by Crippen LogP contribution is 2.30. The van der Waals surface area contributed by atoms with Gasteiger partial charge in [0.2, 0.25) is 15.9 Å². The van der Waals surface area contributed by atoms with Gasteiger partial charge in [-0.15, -0.1) is 0 Å². The Morgan fingerprint density at radius 1 is 1.38 bits per heavy atom. The second-order valence-electron chi connectivity index (χ2n) is 4.87. The molecule has 21 heavy (non-hydrogen) atoms. The minimum absolute atomic E-state index is 0.0374. The molecule has 0 saturated carbocycles. The van der Waals surface area contributed by atoms with E-state index in [0.29, 0.717) is 18.7 Å². The van der Waals surface area contributed by atoms with E-state index in [9.17, 15) is 18.0 Å². The van der Waals surface area contributed by atoms with E-state index in [0.717, 1.165) is 9.87 Å². The highest BCUT2D eigenvalue weighted by Gasteiger charge is 2.27. The van der Waals surface area contributed by atoms with Crippen LogP contribution in [-0.2, 0) is 26.0 Å². The predicted octanol–water partition coefficient (Wildman–Crippen LogP) is 0.301. The van der Waals surface area contributed by atoms with Crippen molar-refractivity contribution in [2.24, 2.45) is 0 Å². The first kappa shape index (κ1) is 15.5. The van der Waals surface area contributed by atoms with Crippen molar-refractivity contribution in [2.45, 2.75) is 18.2 Å². The normalized spacial score (nSPS) is 14.3. The molecule has 0 bridgehead atoms. The van der Waals surface area contributed by atoms with Crippen LogP contribution in [0.25, 0.3) is 0 Å². The molecule has 0 unspecified atom stereocenters. The van der Waals surface area contributed by atoms with E-state index >= 15 is 0 Å². The second kappa shape index (κ2) is 5.45. The summed E-state index contributed by atoms with van der Waals surface area (Å²) in [5, 5.41) is 8.69. The summed E-state index contributed by atoms with van der Waals surface area (Å²) in [6, 6.07) is 4.49. The third kappa shape index (κ3) is 2.91. The summed E-state index contributed by atoms with van der Waals surface area (Å²) < 4.78 is 25.3. The smallest absolute Gasteiger partial charge is 0.318 e. The number of benzene rings is 1. The van der Waals surface area contributed by atoms with Crippen LogP contribution in [0.2, 0.25) is 0 Å². The Kier molecular flexibility index (Phi) is 4.02. The fraction of sp³-hybridized carbons (Fsp3) is 0.385. The fourth-order valence-corrected chi connectivity index (χ4v) is 3.49. The average Bonchev–Trinajstić information content (AvgIpc) is 2.80. The summed E-state index contributed by atoms with van der Waals surface area (Å²) in [5.41, 5.74) is 1.48. The van der Waals surface area contributed by atoms with Crippen LogP contribution in [0.5, 0.6) is 0 Å². The maximum atomic E-state index is 12.3. The van der Waals surface area contributed by atoms with Gasteiger partial charge in [0, 0.05) is 26.2 Å². The molecule has 2 rings (SSSR count). The zero-order valence-corrected chi connectivity index (χ0v) is 12.6. The Morgan fingerprint density at radius 3 is 2.62 bits per heavy atom. The standard InChI is InChI=1S/C13H16N2O5S/c1-9(16)15-6-5-10-7-11(3-4-12(10)15)21(19,20)14(2)8-13(17)18/h3-4,7H,5-6,8H2,1-2H3,(H,17,18). The van der Waals surface area contributed by atoms with Crippen LogP contribution < -0.4 is 4.90 Å². The number of sulfonamides is 1. The fourth-order valence-electron chi connectivity index (χ4n) is 2.32. The summed E-state index contributed by atoms with van der Waals surface area (Å²) in [6.45, 7) is 1.39. The largest absolute Gasteiger partial charge is 0.480 e. The first-order valence-electron chi connectivity index (χ1n) is 6.32. The quantitative estimate of drug-likeness (QED) is 0.863. The SMILES string of the molecule is CC(=O)N1CCc2cc(S(=O)(=O)N(C)CC(=O)O)ccc21. The van der Waals surface area contributed by atoms with Gasteiger partial charge in [0.15, 0.2) is 0 Å². The minimum atomic E-state index is -3.84. The van der Waals surface area contributed by atoms with Gasteiger partial charge in [-0.05, 0) is 30.2 Å². The highest BCUT2D eigenvalue weighted by atomic mass is 32.2. The second-order valence-corrected chi connectivity index (χ2v) is 6.91. The summed E-state index contributed by atoms with van der Waals surface area (Å²) in [5.74, 6) is -1.31. The van der Waals surface area contributed by atoms with E-state index in [1.165, 1.54) is 26.1 Å². The van der Waals surface area contributed by atoms with Crippen LogP contribution in [0.1, 0.15) is 12.5 Å². The molecule has 1 amide bonds. The average molecular weight is 312 g/mol. The van der Waals surface area contributed by atoms with E-state index in [-0.39, 0.29) is 10.8 Å². The lowest BCUT2D eigenvalue weighted by atomic mass is 10.2. The topological polar surface area (TPSA) is 95.0 Å². The van der Waals surface area contributed by atoms with Crippen LogP contribution in [0, 0.1) is 0 Å². The lowest BCUT2D eigenvalue weighted by Gasteiger charge is -2.17. The minimum Gasteiger partial charge on any atom is -0.480 e. The Labute approximate surface area is 122 Å². The van der Waals surface area contributed by atoms with Crippen LogP contribution in [0.15, 0.2) is 23.1 Å². The molecule has 0 spiro atoms. The van der Waals surface area contributed by atoms with Crippen molar-refractivity contribution in [2.75, 3.05) is 25.0 Å². The van der Waals surface area contributed by atoms with Crippen molar-refractivity contribution in [1.82, 2.24) is 4.31 Å². The third-order valence-corrected chi connectivity index (χ3v) is 5.19. The number of carbonyl (C=O) groups is 2. The molecule has 0 atom stereocenters. The van der Waals surface area contributed by atoms with Gasteiger partial charge in [-0.2, -0.15) is 4.31 Å². The molecule has 0 aliphatic carbocycles. The molecule has 1 aromatic carbocycles. The first-order chi connectivity index (χ1) is 9.73. The van der Waals surface area contributed by atoms with Crippen LogP contribution >= 0.6 is 0 Å². The zero-order chi connectivity index (χ0) is 15.8. The van der Waals surface area contributed by atoms with Crippen molar-refractivity contribution in [3.63, 3.8) is 0 Å². The number of hydrogen-bond acceptors (Lipinski definition) is 4. The number of aliphatic carboxylic acids is 1. The first-order valence-corrected chi connectivity index (χ1v) is 7.76. The van der Waals surface area contributed by atoms with E-state index in [2.05, 4.69) is 0 Å². The van der Waals surface area contributed by atoms with E-state index < -0.39 is 22.5 Å². The van der Waals surface area contributed by atoms with Crippen LogP contribution in [0.3, 0.4) is 0 Å². The van der Waals surface area contributed by atoms with E-state index in [1.54, 1.807) is 11.0 Å². The van der Waals surface area contributed by atoms with Gasteiger partial charge in [0.05, 0.1) is 4.90 Å². The molecule has 1 aliphatic rings. The summed E-state index contributed by atoms with van der Waals surface area (Å²) >= 11 is 0. The highest BCUT2D eigenvalue weighted by molar-refractivity contribution is 7.89. The number of rotatable bonds is 4. The Balaban J connectivity index is 2.35. The molecular weight excluding hydrogens is 296 g/mol. The maximum absolute atomic E-state index is 12.3. The molecule has 1 heterocycles. The number of likely N-dealkylation sites (N-methyl/N-ethyl adjacent to an activating group) is 1. The van der Waals surface area contributed by atoms with E-state index in [1.807, 2.05) is 0 Å². The summed E-state index contributed by atoms with van der Waals surface area (Å²) in [4.78, 5) is 23.7. The molecule has 1 N–H and O–H groups in total. The molecule has 1 aliphatic heterocycles. The monoisotopic (exact) mass is 312 g/mol. The Bertz CT molecular complexity index is 699. The molecule has 7 nitrogen and oxygen atoms in total. The molecule has 0 fully saturated rings. The number of carboxylic acid groups (broad SMARTS) is 1. The van der Waals surface area contributed by atoms with Crippen molar-refractivity contribution in [3.05, 3.63) is 23.8 Å². The number of amides is 1. The molecule has 114 valence electrons. The van der Waals surface area contributed by atoms with Gasteiger partial charge in [-0.1, -0.05) is 0 Å². The zero-order valence-electron chi connectivity index (χ0n) is 11.7. The molecule has 0 saturated heterocycles. The third-order valence-electron chi connectivity index (χ3n) is 3.39. The van der Waals surface area contributed by atoms with Gasteiger partial charge in [-0.3, -0.25) is 9.59 Å². The summed E-state index contributed by atoms with van der Waals surface area (Å²) in [7, 11) is -2.62. The van der Waals surface area contributed by atoms with Crippen LogP contribution in [0.4, 0.5) is 5.69 Å². The molecule has 1 aromatic rings. The number of hydrogen-bond donors (Lipinski definition) is 1.